The third-order valence-electron chi connectivity index (χ3n) is 5.57. The van der Waals surface area contributed by atoms with Gasteiger partial charge in [-0.3, -0.25) is 9.59 Å². The van der Waals surface area contributed by atoms with Crippen LogP contribution < -0.4 is 10.6 Å². The largest absolute Gasteiger partial charge is 0.353 e. The van der Waals surface area contributed by atoms with Gasteiger partial charge in [0.15, 0.2) is 0 Å². The quantitative estimate of drug-likeness (QED) is 0.827. The number of hydrogen-bond donors (Lipinski definition) is 2. The summed E-state index contributed by atoms with van der Waals surface area (Å²) in [4.78, 5) is 24.1. The Bertz CT molecular complexity index is 602. The highest BCUT2D eigenvalue weighted by Crippen LogP contribution is 2.49. The van der Waals surface area contributed by atoms with E-state index in [2.05, 4.69) is 17.6 Å². The predicted molar refractivity (Wildman–Crippen MR) is 94.9 cm³/mol. The molecule has 2 saturated carbocycles. The monoisotopic (exact) mass is 348 g/mol. The molecule has 2 aliphatic carbocycles. The highest BCUT2D eigenvalue weighted by molar-refractivity contribution is 6.30. The number of amides is 2. The fourth-order valence-electron chi connectivity index (χ4n) is 4.33. The summed E-state index contributed by atoms with van der Waals surface area (Å²) < 4.78 is 0. The van der Waals surface area contributed by atoms with Gasteiger partial charge in [-0.1, -0.05) is 18.0 Å². The number of nitrogens with one attached hydrogen (secondary N) is 2. The number of hydrogen-bond acceptors (Lipinski definition) is 2. The summed E-state index contributed by atoms with van der Waals surface area (Å²) in [6.45, 7) is 2.46. The number of carbonyl (C=O) groups excluding carboxylic acids is 2. The number of fused-ring (bicyclic) bond motifs is 2. The number of halogens is 1. The van der Waals surface area contributed by atoms with E-state index in [9.17, 15) is 9.59 Å². The Morgan fingerprint density at radius 3 is 2.58 bits per heavy atom. The number of rotatable bonds is 6. The molecule has 1 aromatic rings. The van der Waals surface area contributed by atoms with Crippen LogP contribution in [0.15, 0.2) is 24.3 Å². The molecule has 2 amide bonds. The Balaban J connectivity index is 1.38. The fraction of sp³-hybridized carbons (Fsp3) is 0.579. The highest BCUT2D eigenvalue weighted by atomic mass is 35.5. The first kappa shape index (κ1) is 17.3. The van der Waals surface area contributed by atoms with Gasteiger partial charge in [-0.2, -0.15) is 0 Å². The van der Waals surface area contributed by atoms with Gasteiger partial charge in [-0.15, -0.1) is 0 Å². The van der Waals surface area contributed by atoms with Crippen LogP contribution in [0.5, 0.6) is 0 Å². The van der Waals surface area contributed by atoms with E-state index in [1.807, 2.05) is 0 Å². The third-order valence-corrected chi connectivity index (χ3v) is 5.82. The van der Waals surface area contributed by atoms with Crippen LogP contribution in [-0.2, 0) is 4.79 Å². The van der Waals surface area contributed by atoms with E-state index in [0.29, 0.717) is 29.5 Å². The first-order valence-electron chi connectivity index (χ1n) is 8.86. The van der Waals surface area contributed by atoms with E-state index < -0.39 is 0 Å². The topological polar surface area (TPSA) is 58.2 Å². The molecular formula is C19H25ClN2O2. The molecule has 0 aliphatic heterocycles. The van der Waals surface area contributed by atoms with Crippen molar-refractivity contribution in [3.63, 3.8) is 0 Å². The Morgan fingerprint density at radius 1 is 1.21 bits per heavy atom. The summed E-state index contributed by atoms with van der Waals surface area (Å²) >= 11 is 5.80. The third kappa shape index (κ3) is 4.10. The number of carbonyl (C=O) groups is 2. The minimum absolute atomic E-state index is 0.0154. The van der Waals surface area contributed by atoms with Crippen molar-refractivity contribution in [3.05, 3.63) is 34.9 Å². The maximum Gasteiger partial charge on any atom is 0.251 e. The van der Waals surface area contributed by atoms with Crippen molar-refractivity contribution in [1.82, 2.24) is 10.6 Å². The fourth-order valence-corrected chi connectivity index (χ4v) is 4.46. The van der Waals surface area contributed by atoms with E-state index in [-0.39, 0.29) is 17.9 Å². The van der Waals surface area contributed by atoms with Gasteiger partial charge in [0.2, 0.25) is 5.91 Å². The highest BCUT2D eigenvalue weighted by Gasteiger charge is 2.42. The second-order valence-corrected chi connectivity index (χ2v) is 7.64. The second kappa shape index (κ2) is 7.56. The van der Waals surface area contributed by atoms with Gasteiger partial charge in [0.1, 0.15) is 0 Å². The first-order chi connectivity index (χ1) is 11.5. The molecule has 3 rings (SSSR count). The van der Waals surface area contributed by atoms with Gasteiger partial charge >= 0.3 is 0 Å². The molecule has 24 heavy (non-hydrogen) atoms. The van der Waals surface area contributed by atoms with Crippen LogP contribution in [0.4, 0.5) is 0 Å². The summed E-state index contributed by atoms with van der Waals surface area (Å²) in [6.07, 6.45) is 5.62. The molecule has 0 radical (unpaired) electrons. The smallest absolute Gasteiger partial charge is 0.251 e. The maximum absolute atomic E-state index is 12.1. The molecule has 4 atom stereocenters. The molecule has 2 bridgehead atoms. The van der Waals surface area contributed by atoms with E-state index in [0.717, 1.165) is 11.8 Å². The normalized spacial score (nSPS) is 26.2. The van der Waals surface area contributed by atoms with Gasteiger partial charge in [-0.25, -0.2) is 0 Å². The molecule has 0 saturated heterocycles. The average Bonchev–Trinajstić information content (AvgIpc) is 3.18. The number of benzene rings is 1. The van der Waals surface area contributed by atoms with Crippen LogP contribution in [0.2, 0.25) is 5.02 Å². The zero-order valence-electron chi connectivity index (χ0n) is 14.1. The molecule has 0 unspecified atom stereocenters. The van der Waals surface area contributed by atoms with Crippen LogP contribution in [0.25, 0.3) is 0 Å². The predicted octanol–water partition coefficient (Wildman–Crippen LogP) is 3.40. The van der Waals surface area contributed by atoms with Gasteiger partial charge < -0.3 is 10.6 Å². The SMILES string of the molecule is C[C@H](NC(=O)CCNC(=O)c1ccc(Cl)cc1)[C@@H]1C[C@H]2CC[C@H]1C2. The van der Waals surface area contributed by atoms with Crippen molar-refractivity contribution in [1.29, 1.82) is 0 Å². The Labute approximate surface area is 148 Å². The summed E-state index contributed by atoms with van der Waals surface area (Å²) in [5.74, 6) is 2.16. The molecule has 1 aromatic carbocycles. The molecule has 2 N–H and O–H groups in total. The van der Waals surface area contributed by atoms with Crippen molar-refractivity contribution in [2.45, 2.75) is 45.1 Å². The van der Waals surface area contributed by atoms with E-state index in [4.69, 9.17) is 11.6 Å². The first-order valence-corrected chi connectivity index (χ1v) is 9.24. The van der Waals surface area contributed by atoms with Crippen molar-refractivity contribution in [2.75, 3.05) is 6.54 Å². The molecule has 2 aliphatic rings. The summed E-state index contributed by atoms with van der Waals surface area (Å²) in [5.41, 5.74) is 0.551. The summed E-state index contributed by atoms with van der Waals surface area (Å²) in [5, 5.41) is 6.49. The van der Waals surface area contributed by atoms with E-state index in [1.54, 1.807) is 24.3 Å². The van der Waals surface area contributed by atoms with Gasteiger partial charge in [-0.05, 0) is 68.2 Å². The zero-order chi connectivity index (χ0) is 17.1. The van der Waals surface area contributed by atoms with Gasteiger partial charge in [0.25, 0.3) is 5.91 Å². The van der Waals surface area contributed by atoms with Crippen molar-refractivity contribution in [3.8, 4) is 0 Å². The second-order valence-electron chi connectivity index (χ2n) is 7.21. The zero-order valence-corrected chi connectivity index (χ0v) is 14.8. The molecular weight excluding hydrogens is 324 g/mol. The lowest BCUT2D eigenvalue weighted by Crippen LogP contribution is -2.41. The Hall–Kier alpha value is -1.55. The molecule has 0 heterocycles. The van der Waals surface area contributed by atoms with Gasteiger partial charge in [0.05, 0.1) is 0 Å². The molecule has 5 heteroatoms. The summed E-state index contributed by atoms with van der Waals surface area (Å²) in [7, 11) is 0. The van der Waals surface area contributed by atoms with E-state index in [1.165, 1.54) is 25.7 Å². The lowest BCUT2D eigenvalue weighted by atomic mass is 9.84. The summed E-state index contributed by atoms with van der Waals surface area (Å²) in [6, 6.07) is 6.95. The minimum Gasteiger partial charge on any atom is -0.353 e. The average molecular weight is 349 g/mol. The standard InChI is InChI=1S/C19H25ClN2O2/c1-12(17-11-13-2-3-15(17)10-13)22-18(23)8-9-21-19(24)14-4-6-16(20)7-5-14/h4-7,12-13,15,17H,2-3,8-11H2,1H3,(H,21,24)(H,22,23)/t12-,13-,15-,17-/m0/s1. The van der Waals surface area contributed by atoms with Crippen LogP contribution in [0.1, 0.15) is 49.4 Å². The van der Waals surface area contributed by atoms with Crippen molar-refractivity contribution in [2.24, 2.45) is 17.8 Å². The van der Waals surface area contributed by atoms with Gasteiger partial charge in [0, 0.05) is 29.6 Å². The Kier molecular flexibility index (Phi) is 5.44. The lowest BCUT2D eigenvalue weighted by molar-refractivity contribution is -0.122. The molecule has 2 fully saturated rings. The van der Waals surface area contributed by atoms with Crippen LogP contribution in [-0.4, -0.2) is 24.4 Å². The molecule has 0 aromatic heterocycles. The van der Waals surface area contributed by atoms with Crippen LogP contribution >= 0.6 is 11.6 Å². The molecule has 4 nitrogen and oxygen atoms in total. The van der Waals surface area contributed by atoms with Crippen LogP contribution in [0, 0.1) is 17.8 Å². The van der Waals surface area contributed by atoms with Crippen LogP contribution in [0.3, 0.4) is 0 Å². The van der Waals surface area contributed by atoms with E-state index >= 15 is 0 Å². The lowest BCUT2D eigenvalue weighted by Gasteiger charge is -2.28. The Morgan fingerprint density at radius 2 is 1.96 bits per heavy atom. The molecule has 0 spiro atoms. The molecule has 130 valence electrons. The van der Waals surface area contributed by atoms with Crippen molar-refractivity contribution >= 4 is 23.4 Å². The van der Waals surface area contributed by atoms with Crippen molar-refractivity contribution < 1.29 is 9.59 Å². The maximum atomic E-state index is 12.1. The minimum atomic E-state index is -0.180.